The summed E-state index contributed by atoms with van der Waals surface area (Å²) >= 11 is 0. The van der Waals surface area contributed by atoms with Crippen LogP contribution in [-0.2, 0) is 22.4 Å². The molecular formula is C20H30O6. The minimum Gasteiger partial charge on any atom is -0.508 e. The van der Waals surface area contributed by atoms with Crippen molar-refractivity contribution >= 4 is 11.9 Å². The number of carbonyl (C=O) groups is 2. The first-order chi connectivity index (χ1) is 11.9. The molecule has 0 heterocycles. The molecular weight excluding hydrogens is 336 g/mol. The molecule has 0 radical (unpaired) electrons. The second-order valence-electron chi connectivity index (χ2n) is 8.20. The van der Waals surface area contributed by atoms with Gasteiger partial charge < -0.3 is 20.4 Å². The van der Waals surface area contributed by atoms with Gasteiger partial charge in [-0.2, -0.15) is 0 Å². The highest BCUT2D eigenvalue weighted by Crippen LogP contribution is 2.33. The average molecular weight is 366 g/mol. The molecule has 0 unspecified atom stereocenters. The predicted molar refractivity (Wildman–Crippen MR) is 98.5 cm³/mol. The molecule has 0 fully saturated rings. The number of aromatic hydroxyl groups is 2. The molecule has 0 bridgehead atoms. The summed E-state index contributed by atoms with van der Waals surface area (Å²) in [5, 5.41) is 38.7. The van der Waals surface area contributed by atoms with Crippen molar-refractivity contribution < 1.29 is 30.0 Å². The Morgan fingerprint density at radius 1 is 0.808 bits per heavy atom. The van der Waals surface area contributed by atoms with Crippen LogP contribution >= 0.6 is 0 Å². The smallest absolute Gasteiger partial charge is 0.309 e. The highest BCUT2D eigenvalue weighted by molar-refractivity contribution is 5.73. The first-order valence-corrected chi connectivity index (χ1v) is 8.87. The number of hydrogen-bond acceptors (Lipinski definition) is 4. The molecule has 0 aliphatic carbocycles. The van der Waals surface area contributed by atoms with E-state index in [0.29, 0.717) is 49.7 Å². The molecule has 1 rings (SSSR count). The topological polar surface area (TPSA) is 115 Å². The van der Waals surface area contributed by atoms with Crippen LogP contribution in [0.25, 0.3) is 0 Å². The van der Waals surface area contributed by atoms with E-state index in [1.54, 1.807) is 27.7 Å². The lowest BCUT2D eigenvalue weighted by molar-refractivity contribution is -0.148. The lowest BCUT2D eigenvalue weighted by Gasteiger charge is -2.20. The minimum absolute atomic E-state index is 0.0442. The van der Waals surface area contributed by atoms with E-state index < -0.39 is 22.8 Å². The third-order valence-electron chi connectivity index (χ3n) is 4.91. The van der Waals surface area contributed by atoms with Gasteiger partial charge in [0.2, 0.25) is 0 Å². The summed E-state index contributed by atoms with van der Waals surface area (Å²) in [6.07, 6.45) is 2.98. The largest absolute Gasteiger partial charge is 0.508 e. The van der Waals surface area contributed by atoms with Gasteiger partial charge in [-0.1, -0.05) is 0 Å². The van der Waals surface area contributed by atoms with Crippen molar-refractivity contribution in [3.8, 4) is 11.5 Å². The number of hydrogen-bond donors (Lipinski definition) is 4. The number of aryl methyl sites for hydroxylation is 2. The van der Waals surface area contributed by atoms with E-state index in [-0.39, 0.29) is 11.5 Å². The molecule has 0 aliphatic rings. The van der Waals surface area contributed by atoms with Gasteiger partial charge in [0.1, 0.15) is 11.5 Å². The fourth-order valence-corrected chi connectivity index (χ4v) is 2.78. The maximum absolute atomic E-state index is 11.2. The zero-order valence-corrected chi connectivity index (χ0v) is 16.0. The van der Waals surface area contributed by atoms with E-state index in [1.165, 1.54) is 12.1 Å². The number of phenols is 2. The SMILES string of the molecule is CC(C)(CCCc1cc(O)cc(CCCC(C)(C)C(=O)O)c1O)C(=O)O. The Hall–Kier alpha value is -2.24. The zero-order chi connectivity index (χ0) is 20.1. The first kappa shape index (κ1) is 21.8. The summed E-state index contributed by atoms with van der Waals surface area (Å²) in [5.74, 6) is -1.58. The van der Waals surface area contributed by atoms with Gasteiger partial charge in [-0.3, -0.25) is 9.59 Å². The van der Waals surface area contributed by atoms with Crippen LogP contribution in [0.15, 0.2) is 12.1 Å². The van der Waals surface area contributed by atoms with E-state index in [9.17, 15) is 19.8 Å². The first-order valence-electron chi connectivity index (χ1n) is 8.87. The van der Waals surface area contributed by atoms with Gasteiger partial charge in [0.25, 0.3) is 0 Å². The average Bonchev–Trinajstić information content (AvgIpc) is 2.50. The van der Waals surface area contributed by atoms with Crippen LogP contribution in [0.3, 0.4) is 0 Å². The van der Waals surface area contributed by atoms with Crippen molar-refractivity contribution in [3.63, 3.8) is 0 Å². The van der Waals surface area contributed by atoms with Gasteiger partial charge in [0.15, 0.2) is 0 Å². The summed E-state index contributed by atoms with van der Waals surface area (Å²) in [6, 6.07) is 2.99. The fraction of sp³-hybridized carbons (Fsp3) is 0.600. The third-order valence-corrected chi connectivity index (χ3v) is 4.91. The van der Waals surface area contributed by atoms with Crippen LogP contribution in [-0.4, -0.2) is 32.4 Å². The second kappa shape index (κ2) is 8.43. The number of aliphatic carboxylic acids is 2. The molecule has 146 valence electrons. The Kier molecular flexibility index (Phi) is 7.07. The number of rotatable bonds is 10. The minimum atomic E-state index is -0.862. The van der Waals surface area contributed by atoms with E-state index in [2.05, 4.69) is 0 Å². The van der Waals surface area contributed by atoms with Gasteiger partial charge in [0.05, 0.1) is 10.8 Å². The van der Waals surface area contributed by atoms with Crippen LogP contribution < -0.4 is 0 Å². The molecule has 1 aromatic carbocycles. The van der Waals surface area contributed by atoms with Gasteiger partial charge in [-0.15, -0.1) is 0 Å². The lowest BCUT2D eigenvalue weighted by atomic mass is 9.85. The molecule has 6 heteroatoms. The molecule has 0 spiro atoms. The van der Waals surface area contributed by atoms with E-state index in [4.69, 9.17) is 10.2 Å². The van der Waals surface area contributed by atoms with Crippen LogP contribution in [0, 0.1) is 10.8 Å². The van der Waals surface area contributed by atoms with Gasteiger partial charge in [0, 0.05) is 0 Å². The Morgan fingerprint density at radius 3 is 1.46 bits per heavy atom. The number of carboxylic acids is 2. The van der Waals surface area contributed by atoms with Crippen molar-refractivity contribution in [1.82, 2.24) is 0 Å². The van der Waals surface area contributed by atoms with Gasteiger partial charge >= 0.3 is 11.9 Å². The second-order valence-corrected chi connectivity index (χ2v) is 8.20. The Bertz CT molecular complexity index is 607. The molecule has 0 amide bonds. The van der Waals surface area contributed by atoms with Crippen LogP contribution in [0.2, 0.25) is 0 Å². The number of carboxylic acid groups (broad SMARTS) is 2. The molecule has 0 saturated heterocycles. The Balaban J connectivity index is 2.76. The van der Waals surface area contributed by atoms with E-state index >= 15 is 0 Å². The highest BCUT2D eigenvalue weighted by atomic mass is 16.4. The fourth-order valence-electron chi connectivity index (χ4n) is 2.78. The Morgan fingerprint density at radius 2 is 1.15 bits per heavy atom. The third kappa shape index (κ3) is 5.93. The van der Waals surface area contributed by atoms with E-state index in [0.717, 1.165) is 0 Å². The molecule has 26 heavy (non-hydrogen) atoms. The number of benzene rings is 1. The molecule has 0 aliphatic heterocycles. The predicted octanol–water partition coefficient (Wildman–Crippen LogP) is 3.96. The summed E-state index contributed by atoms with van der Waals surface area (Å²) < 4.78 is 0. The van der Waals surface area contributed by atoms with Crippen molar-refractivity contribution in [1.29, 1.82) is 0 Å². The molecule has 4 N–H and O–H groups in total. The van der Waals surface area contributed by atoms with Crippen LogP contribution in [0.5, 0.6) is 11.5 Å². The molecule has 0 atom stereocenters. The quantitative estimate of drug-likeness (QED) is 0.466. The van der Waals surface area contributed by atoms with Crippen molar-refractivity contribution in [2.45, 2.75) is 66.2 Å². The monoisotopic (exact) mass is 366 g/mol. The van der Waals surface area contributed by atoms with Gasteiger partial charge in [-0.05, 0) is 89.5 Å². The van der Waals surface area contributed by atoms with Crippen molar-refractivity contribution in [3.05, 3.63) is 23.3 Å². The maximum atomic E-state index is 11.2. The molecule has 0 saturated carbocycles. The molecule has 1 aromatic rings. The Labute approximate surface area is 154 Å². The summed E-state index contributed by atoms with van der Waals surface area (Å²) in [7, 11) is 0. The standard InChI is InChI=1S/C20H30O6/c1-19(2,17(23)24)9-5-7-13-11-15(21)12-14(16(13)22)8-6-10-20(3,4)18(25)26/h11-12,21-22H,5-10H2,1-4H3,(H,23,24)(H,25,26). The van der Waals surface area contributed by atoms with Crippen molar-refractivity contribution in [2.24, 2.45) is 10.8 Å². The van der Waals surface area contributed by atoms with Crippen LogP contribution in [0.1, 0.15) is 64.5 Å². The van der Waals surface area contributed by atoms with Gasteiger partial charge in [-0.25, -0.2) is 0 Å². The van der Waals surface area contributed by atoms with Crippen LogP contribution in [0.4, 0.5) is 0 Å². The zero-order valence-electron chi connectivity index (χ0n) is 16.0. The lowest BCUT2D eigenvalue weighted by Crippen LogP contribution is -2.23. The molecule has 0 aromatic heterocycles. The number of phenolic OH excluding ortho intramolecular Hbond substituents is 2. The molecule has 6 nitrogen and oxygen atoms in total. The summed E-state index contributed by atoms with van der Waals surface area (Å²) in [6.45, 7) is 6.64. The summed E-state index contributed by atoms with van der Waals surface area (Å²) in [4.78, 5) is 22.3. The summed E-state index contributed by atoms with van der Waals surface area (Å²) in [5.41, 5.74) is -0.507. The highest BCUT2D eigenvalue weighted by Gasteiger charge is 2.27. The normalized spacial score (nSPS) is 12.2. The maximum Gasteiger partial charge on any atom is 0.309 e. The van der Waals surface area contributed by atoms with E-state index in [1.807, 2.05) is 0 Å². The van der Waals surface area contributed by atoms with Crippen molar-refractivity contribution in [2.75, 3.05) is 0 Å².